The Hall–Kier alpha value is -1.82. The van der Waals surface area contributed by atoms with Gasteiger partial charge in [0.2, 0.25) is 5.91 Å². The van der Waals surface area contributed by atoms with Crippen LogP contribution in [0.5, 0.6) is 5.75 Å². The van der Waals surface area contributed by atoms with Crippen LogP contribution in [0.15, 0.2) is 28.9 Å². The Morgan fingerprint density at radius 2 is 2.38 bits per heavy atom. The van der Waals surface area contributed by atoms with Crippen molar-refractivity contribution in [1.29, 1.82) is 0 Å². The zero-order valence-corrected chi connectivity index (χ0v) is 12.9. The minimum absolute atomic E-state index is 0.138. The number of carbonyl (C=O) groups excluding carboxylic acids is 1. The van der Waals surface area contributed by atoms with Gasteiger partial charge in [0, 0.05) is 40.8 Å². The molecule has 2 aromatic rings. The Morgan fingerprint density at radius 1 is 1.48 bits per heavy atom. The van der Waals surface area contributed by atoms with E-state index < -0.39 is 0 Å². The summed E-state index contributed by atoms with van der Waals surface area (Å²) in [6.45, 7) is 1.79. The molecule has 0 saturated carbocycles. The number of hydrogen-bond acceptors (Lipinski definition) is 3. The maximum absolute atomic E-state index is 12.8. The number of aromatic nitrogens is 2. The van der Waals surface area contributed by atoms with Gasteiger partial charge in [-0.2, -0.15) is 5.10 Å². The van der Waals surface area contributed by atoms with E-state index in [1.165, 1.54) is 0 Å². The SMILES string of the molecule is O=C([C@@H]1COc2ccc(Br)cc21)N1CCc2[nH]ncc2C1. The molecule has 4 rings (SSSR count). The molecular weight excluding hydrogens is 334 g/mol. The predicted octanol–water partition coefficient (Wildman–Crippen LogP) is 2.23. The number of halogens is 1. The van der Waals surface area contributed by atoms with Gasteiger partial charge in [0.05, 0.1) is 6.20 Å². The largest absolute Gasteiger partial charge is 0.492 e. The van der Waals surface area contributed by atoms with E-state index in [-0.39, 0.29) is 11.8 Å². The first kappa shape index (κ1) is 12.9. The summed E-state index contributed by atoms with van der Waals surface area (Å²) >= 11 is 3.46. The summed E-state index contributed by atoms with van der Waals surface area (Å²) in [5, 5.41) is 7.04. The van der Waals surface area contributed by atoms with Crippen molar-refractivity contribution in [2.24, 2.45) is 0 Å². The Bertz CT molecular complexity index is 713. The number of H-pyrrole nitrogens is 1. The lowest BCUT2D eigenvalue weighted by atomic mass is 9.98. The average Bonchev–Trinajstić information content (AvgIpc) is 3.11. The second-order valence-corrected chi connectivity index (χ2v) is 6.35. The van der Waals surface area contributed by atoms with Gasteiger partial charge in [0.25, 0.3) is 0 Å². The number of nitrogens with one attached hydrogen (secondary N) is 1. The first-order valence-electron chi connectivity index (χ1n) is 6.94. The van der Waals surface area contributed by atoms with E-state index in [9.17, 15) is 4.79 Å². The lowest BCUT2D eigenvalue weighted by Crippen LogP contribution is -2.39. The average molecular weight is 348 g/mol. The molecule has 0 bridgehead atoms. The fourth-order valence-corrected chi connectivity index (χ4v) is 3.40. The fraction of sp³-hybridized carbons (Fsp3) is 0.333. The molecule has 1 aromatic heterocycles. The lowest BCUT2D eigenvalue weighted by molar-refractivity contribution is -0.134. The molecule has 5 nitrogen and oxygen atoms in total. The minimum Gasteiger partial charge on any atom is -0.492 e. The molecule has 3 heterocycles. The highest BCUT2D eigenvalue weighted by Crippen LogP contribution is 2.37. The van der Waals surface area contributed by atoms with Gasteiger partial charge in [-0.15, -0.1) is 0 Å². The normalized spacial score (nSPS) is 19.9. The Labute approximate surface area is 130 Å². The molecule has 0 fully saturated rings. The van der Waals surface area contributed by atoms with Crippen LogP contribution in [0.25, 0.3) is 0 Å². The van der Waals surface area contributed by atoms with Gasteiger partial charge in [-0.05, 0) is 18.2 Å². The number of hydrogen-bond donors (Lipinski definition) is 1. The topological polar surface area (TPSA) is 58.2 Å². The van der Waals surface area contributed by atoms with Crippen molar-refractivity contribution in [3.63, 3.8) is 0 Å². The number of carbonyl (C=O) groups is 1. The monoisotopic (exact) mass is 347 g/mol. The second kappa shape index (κ2) is 4.87. The molecule has 2 aliphatic rings. The van der Waals surface area contributed by atoms with E-state index >= 15 is 0 Å². The number of aromatic amines is 1. The molecule has 0 aliphatic carbocycles. The van der Waals surface area contributed by atoms with Crippen molar-refractivity contribution in [3.8, 4) is 5.75 Å². The van der Waals surface area contributed by atoms with Gasteiger partial charge in [0.15, 0.2) is 0 Å². The number of rotatable bonds is 1. The first-order valence-corrected chi connectivity index (χ1v) is 7.74. The van der Waals surface area contributed by atoms with Gasteiger partial charge >= 0.3 is 0 Å². The van der Waals surface area contributed by atoms with Crippen molar-refractivity contribution in [1.82, 2.24) is 15.1 Å². The van der Waals surface area contributed by atoms with Crippen LogP contribution in [0, 0.1) is 0 Å². The van der Waals surface area contributed by atoms with E-state index in [2.05, 4.69) is 26.1 Å². The maximum atomic E-state index is 12.8. The van der Waals surface area contributed by atoms with E-state index in [4.69, 9.17) is 4.74 Å². The first-order chi connectivity index (χ1) is 10.2. The highest BCUT2D eigenvalue weighted by molar-refractivity contribution is 9.10. The number of nitrogens with zero attached hydrogens (tertiary/aromatic N) is 2. The van der Waals surface area contributed by atoms with Gasteiger partial charge in [-0.25, -0.2) is 0 Å². The fourth-order valence-electron chi connectivity index (χ4n) is 3.02. The maximum Gasteiger partial charge on any atom is 0.234 e. The summed E-state index contributed by atoms with van der Waals surface area (Å²) in [4.78, 5) is 14.7. The van der Waals surface area contributed by atoms with Crippen LogP contribution in [0.4, 0.5) is 0 Å². The van der Waals surface area contributed by atoms with Crippen LogP contribution >= 0.6 is 15.9 Å². The van der Waals surface area contributed by atoms with Gasteiger partial charge in [-0.3, -0.25) is 9.89 Å². The third-order valence-corrected chi connectivity index (χ3v) is 4.66. The molecule has 0 radical (unpaired) electrons. The van der Waals surface area contributed by atoms with E-state index in [1.807, 2.05) is 29.3 Å². The quantitative estimate of drug-likeness (QED) is 0.860. The molecule has 1 N–H and O–H groups in total. The Morgan fingerprint density at radius 3 is 3.29 bits per heavy atom. The van der Waals surface area contributed by atoms with Crippen LogP contribution in [0.2, 0.25) is 0 Å². The lowest BCUT2D eigenvalue weighted by Gasteiger charge is -2.28. The Kier molecular flexibility index (Phi) is 2.99. The summed E-state index contributed by atoms with van der Waals surface area (Å²) < 4.78 is 6.62. The van der Waals surface area contributed by atoms with E-state index in [0.29, 0.717) is 13.2 Å². The molecule has 1 atom stereocenters. The Balaban J connectivity index is 1.59. The van der Waals surface area contributed by atoms with Crippen molar-refractivity contribution < 1.29 is 9.53 Å². The van der Waals surface area contributed by atoms with Crippen LogP contribution in [0.3, 0.4) is 0 Å². The predicted molar refractivity (Wildman–Crippen MR) is 80.1 cm³/mol. The van der Waals surface area contributed by atoms with Gasteiger partial charge in [0.1, 0.15) is 18.3 Å². The molecule has 6 heteroatoms. The highest BCUT2D eigenvalue weighted by atomic mass is 79.9. The van der Waals surface area contributed by atoms with Crippen molar-refractivity contribution >= 4 is 21.8 Å². The van der Waals surface area contributed by atoms with Gasteiger partial charge < -0.3 is 9.64 Å². The number of fused-ring (bicyclic) bond motifs is 2. The van der Waals surface area contributed by atoms with E-state index in [1.54, 1.807) is 0 Å². The zero-order valence-electron chi connectivity index (χ0n) is 11.3. The van der Waals surface area contributed by atoms with Crippen LogP contribution < -0.4 is 4.74 Å². The van der Waals surface area contributed by atoms with E-state index in [0.717, 1.165) is 40.0 Å². The summed E-state index contributed by atoms with van der Waals surface area (Å²) in [6.07, 6.45) is 2.64. The van der Waals surface area contributed by atoms with Crippen LogP contribution in [0.1, 0.15) is 22.7 Å². The van der Waals surface area contributed by atoms with Crippen molar-refractivity contribution in [2.75, 3.05) is 13.2 Å². The standard InChI is InChI=1S/C15H14BrN3O2/c16-10-1-2-14-11(5-10)12(8-21-14)15(20)19-4-3-13-9(7-19)6-17-18-13/h1-2,5-6,12H,3-4,7-8H2,(H,17,18)/t12-/m1/s1. The summed E-state index contributed by atoms with van der Waals surface area (Å²) in [5.41, 5.74) is 3.24. The molecule has 1 aromatic carbocycles. The smallest absolute Gasteiger partial charge is 0.234 e. The highest BCUT2D eigenvalue weighted by Gasteiger charge is 2.35. The zero-order chi connectivity index (χ0) is 14.4. The molecule has 0 spiro atoms. The molecule has 21 heavy (non-hydrogen) atoms. The van der Waals surface area contributed by atoms with Crippen LogP contribution in [-0.4, -0.2) is 34.2 Å². The summed E-state index contributed by atoms with van der Waals surface area (Å²) in [7, 11) is 0. The number of ether oxygens (including phenoxy) is 1. The third-order valence-electron chi connectivity index (χ3n) is 4.16. The van der Waals surface area contributed by atoms with Crippen molar-refractivity contribution in [2.45, 2.75) is 18.9 Å². The number of amides is 1. The van der Waals surface area contributed by atoms with Gasteiger partial charge in [-0.1, -0.05) is 15.9 Å². The molecule has 0 saturated heterocycles. The van der Waals surface area contributed by atoms with Crippen LogP contribution in [-0.2, 0) is 17.8 Å². The third kappa shape index (κ3) is 2.14. The number of benzene rings is 1. The summed E-state index contributed by atoms with van der Waals surface area (Å²) in [6, 6.07) is 5.83. The molecule has 2 aliphatic heterocycles. The second-order valence-electron chi connectivity index (χ2n) is 5.43. The minimum atomic E-state index is -0.203. The summed E-state index contributed by atoms with van der Waals surface area (Å²) in [5.74, 6) is 0.752. The molecule has 1 amide bonds. The van der Waals surface area contributed by atoms with Crippen molar-refractivity contribution in [3.05, 3.63) is 45.7 Å². The molecule has 0 unspecified atom stereocenters. The molecule has 108 valence electrons. The molecular formula is C15H14BrN3O2.